The van der Waals surface area contributed by atoms with Gasteiger partial charge in [-0.05, 0) is 10.4 Å². The second-order valence-electron chi connectivity index (χ2n) is 4.18. The summed E-state index contributed by atoms with van der Waals surface area (Å²) in [6.45, 7) is 3.79. The van der Waals surface area contributed by atoms with Crippen LogP contribution in [0.1, 0.15) is 6.42 Å². The van der Waals surface area contributed by atoms with Crippen LogP contribution >= 0.6 is 7.92 Å². The molecule has 0 aliphatic carbocycles. The molecule has 1 N–H and O–H groups in total. The lowest BCUT2D eigenvalue weighted by molar-refractivity contribution is -0.144. The molecular weight excluding hydrogens is 281 g/mol. The van der Waals surface area contributed by atoms with E-state index in [1.54, 1.807) is 0 Å². The first-order valence-electron chi connectivity index (χ1n) is 6.30. The number of tetrazole rings is 1. The molecule has 1 aromatic heterocycles. The summed E-state index contributed by atoms with van der Waals surface area (Å²) < 4.78 is 6.63. The molecule has 2 rings (SSSR count). The van der Waals surface area contributed by atoms with E-state index in [2.05, 4.69) is 39.1 Å². The summed E-state index contributed by atoms with van der Waals surface area (Å²) in [5.41, 5.74) is 0. The van der Waals surface area contributed by atoms with Gasteiger partial charge in [0, 0.05) is 27.8 Å². The maximum atomic E-state index is 11.5. The van der Waals surface area contributed by atoms with Crippen molar-refractivity contribution in [2.24, 2.45) is 0 Å². The summed E-state index contributed by atoms with van der Waals surface area (Å²) >= 11 is 0. The molecule has 112 valence electrons. The molecule has 0 amide bonds. The van der Waals surface area contributed by atoms with Gasteiger partial charge in [-0.3, -0.25) is 4.79 Å². The number of esters is 1. The van der Waals surface area contributed by atoms with Gasteiger partial charge in [-0.1, -0.05) is 0 Å². The van der Waals surface area contributed by atoms with E-state index in [1.165, 1.54) is 11.0 Å². The minimum absolute atomic E-state index is 0.173. The molecule has 1 atom stereocenters. The number of aliphatic hydroxyl groups excluding tert-OH is 1. The second-order valence-corrected chi connectivity index (χ2v) is 6.52. The molecule has 0 radical (unpaired) electrons. The lowest BCUT2D eigenvalue weighted by Crippen LogP contribution is -2.20. The molecule has 0 spiro atoms. The summed E-state index contributed by atoms with van der Waals surface area (Å²) in [4.78, 5) is 13.7. The number of rotatable bonds is 6. The third kappa shape index (κ3) is 6.08. The lowest BCUT2D eigenvalue weighted by Gasteiger charge is -2.12. The number of hydrogen-bond donors (Lipinski definition) is 1. The first-order chi connectivity index (χ1) is 9.74. The van der Waals surface area contributed by atoms with Crippen molar-refractivity contribution in [3.05, 3.63) is 18.3 Å². The Kier molecular flexibility index (Phi) is 7.75. The van der Waals surface area contributed by atoms with Gasteiger partial charge in [0.1, 0.15) is 19.2 Å². The molecule has 0 saturated carbocycles. The van der Waals surface area contributed by atoms with E-state index in [4.69, 9.17) is 9.84 Å². The fourth-order valence-corrected chi connectivity index (χ4v) is 3.13. The molecule has 0 aromatic carbocycles. The van der Waals surface area contributed by atoms with Crippen molar-refractivity contribution in [3.63, 3.8) is 0 Å². The molecule has 20 heavy (non-hydrogen) atoms. The summed E-state index contributed by atoms with van der Waals surface area (Å²) in [5.74, 6) is 2.07. The van der Waals surface area contributed by atoms with Gasteiger partial charge in [-0.2, -0.15) is 0 Å². The van der Waals surface area contributed by atoms with Crippen LogP contribution in [0.3, 0.4) is 0 Å². The Morgan fingerprint density at radius 1 is 1.45 bits per heavy atom. The lowest BCUT2D eigenvalue weighted by atomic mass is 10.4. The molecule has 2 heterocycles. The molecule has 8 nitrogen and oxygen atoms in total. The van der Waals surface area contributed by atoms with E-state index in [0.29, 0.717) is 19.6 Å². The minimum Gasteiger partial charge on any atom is -0.464 e. The van der Waals surface area contributed by atoms with Crippen molar-refractivity contribution in [1.82, 2.24) is 25.1 Å². The number of aromatic nitrogens is 4. The normalized spacial score (nSPS) is 16.8. The van der Waals surface area contributed by atoms with Gasteiger partial charge in [0.15, 0.2) is 0 Å². The highest BCUT2D eigenvalue weighted by atomic mass is 31.1. The van der Waals surface area contributed by atoms with Crippen molar-refractivity contribution < 1.29 is 14.6 Å². The number of carbonyl (C=O) groups is 1. The number of carbonyl (C=O) groups excluding carboxylic acids is 1. The Morgan fingerprint density at radius 3 is 2.85 bits per heavy atom. The quantitative estimate of drug-likeness (QED) is 0.574. The van der Waals surface area contributed by atoms with E-state index in [-0.39, 0.29) is 13.9 Å². The zero-order valence-electron chi connectivity index (χ0n) is 11.8. The van der Waals surface area contributed by atoms with Gasteiger partial charge < -0.3 is 14.7 Å². The maximum absolute atomic E-state index is 11.5. The van der Waals surface area contributed by atoms with Gasteiger partial charge in [0.2, 0.25) is 0 Å². The second kappa shape index (κ2) is 9.39. The van der Waals surface area contributed by atoms with Crippen molar-refractivity contribution in [2.45, 2.75) is 13.0 Å². The van der Waals surface area contributed by atoms with Crippen LogP contribution < -0.4 is 0 Å². The molecule has 0 fully saturated rings. The van der Waals surface area contributed by atoms with E-state index < -0.39 is 0 Å². The smallest absolute Gasteiger partial charge is 0.307 e. The standard InChI is InChI=1S/C10H16N5O2P.CH4O/c1-18-7-5-14(9-18)3-2-10(16)17-6-4-15-8-11-12-13-15;1-2/h5,7-8H,2-4,6,9H2,1H3;2H,1H3/p+1. The highest BCUT2D eigenvalue weighted by Crippen LogP contribution is 2.38. The van der Waals surface area contributed by atoms with Crippen molar-refractivity contribution in [3.8, 4) is 0 Å². The number of hydrogen-bond acceptors (Lipinski definition) is 7. The van der Waals surface area contributed by atoms with Gasteiger partial charge in [0.05, 0.1) is 25.4 Å². The zero-order chi connectivity index (χ0) is 14.8. The van der Waals surface area contributed by atoms with Gasteiger partial charge in [0.25, 0.3) is 0 Å². The summed E-state index contributed by atoms with van der Waals surface area (Å²) in [7, 11) is 0.669. The van der Waals surface area contributed by atoms with Crippen LogP contribution in [-0.2, 0) is 16.1 Å². The van der Waals surface area contributed by atoms with Crippen LogP contribution in [0.4, 0.5) is 0 Å². The third-order valence-corrected chi connectivity index (χ3v) is 4.22. The first kappa shape index (κ1) is 16.5. The predicted octanol–water partition coefficient (Wildman–Crippen LogP) is -0.197. The summed E-state index contributed by atoms with van der Waals surface area (Å²) in [5, 5.41) is 17.7. The molecule has 1 unspecified atom stereocenters. The van der Waals surface area contributed by atoms with Crippen LogP contribution in [-0.4, -0.2) is 69.4 Å². The van der Waals surface area contributed by atoms with E-state index in [1.807, 2.05) is 0 Å². The molecule has 0 saturated heterocycles. The Labute approximate surface area is 119 Å². The number of aliphatic hydroxyl groups is 1. The van der Waals surface area contributed by atoms with Gasteiger partial charge in [-0.25, -0.2) is 4.68 Å². The SMILES string of the molecule is CO.C[PH+]1C=CN(CCC(=O)OCCn2cnnn2)C1. The van der Waals surface area contributed by atoms with Crippen molar-refractivity contribution in [2.75, 3.05) is 33.2 Å². The molecule has 1 aromatic rings. The summed E-state index contributed by atoms with van der Waals surface area (Å²) in [6, 6.07) is 0. The average Bonchev–Trinajstić information content (AvgIpc) is 3.10. The van der Waals surface area contributed by atoms with Crippen LogP contribution in [0.15, 0.2) is 18.3 Å². The topological polar surface area (TPSA) is 93.4 Å². The van der Waals surface area contributed by atoms with Crippen molar-refractivity contribution in [1.29, 1.82) is 0 Å². The largest absolute Gasteiger partial charge is 0.464 e. The average molecular weight is 302 g/mol. The van der Waals surface area contributed by atoms with Crippen LogP contribution in [0.5, 0.6) is 0 Å². The zero-order valence-corrected chi connectivity index (χ0v) is 12.8. The molecule has 1 aliphatic heterocycles. The molecule has 1 aliphatic rings. The molecule has 0 bridgehead atoms. The van der Waals surface area contributed by atoms with Crippen molar-refractivity contribution >= 4 is 13.9 Å². The Morgan fingerprint density at radius 2 is 2.25 bits per heavy atom. The van der Waals surface area contributed by atoms with Gasteiger partial charge >= 0.3 is 5.97 Å². The fraction of sp³-hybridized carbons (Fsp3) is 0.636. The minimum atomic E-state index is -0.331. The first-order valence-corrected chi connectivity index (χ1v) is 8.58. The Bertz CT molecular complexity index is 412. The van der Waals surface area contributed by atoms with Crippen LogP contribution in [0, 0.1) is 0 Å². The monoisotopic (exact) mass is 302 g/mol. The highest BCUT2D eigenvalue weighted by molar-refractivity contribution is 7.60. The number of nitrogens with zero attached hydrogens (tertiary/aromatic N) is 5. The molecular formula is C11H21N5O3P+. The van der Waals surface area contributed by atoms with Crippen LogP contribution in [0.25, 0.3) is 0 Å². The maximum Gasteiger partial charge on any atom is 0.307 e. The summed E-state index contributed by atoms with van der Waals surface area (Å²) in [6.07, 6.45) is 5.09. The third-order valence-electron chi connectivity index (χ3n) is 2.60. The van der Waals surface area contributed by atoms with Crippen LogP contribution in [0.2, 0.25) is 0 Å². The van der Waals surface area contributed by atoms with Gasteiger partial charge in [-0.15, -0.1) is 5.10 Å². The Balaban J connectivity index is 0.000000956. The predicted molar refractivity (Wildman–Crippen MR) is 76.5 cm³/mol. The highest BCUT2D eigenvalue weighted by Gasteiger charge is 2.17. The fourth-order valence-electron chi connectivity index (χ4n) is 1.65. The molecule has 9 heteroatoms. The van der Waals surface area contributed by atoms with E-state index in [9.17, 15) is 4.79 Å². The van der Waals surface area contributed by atoms with E-state index >= 15 is 0 Å². The Hall–Kier alpha value is -1.53. The van der Waals surface area contributed by atoms with E-state index in [0.717, 1.165) is 19.9 Å². The number of ether oxygens (including phenoxy) is 1.